The summed E-state index contributed by atoms with van der Waals surface area (Å²) >= 11 is 0. The normalized spacial score (nSPS) is 20.1. The van der Waals surface area contributed by atoms with Crippen LogP contribution in [0.2, 0.25) is 0 Å². The zero-order valence-corrected chi connectivity index (χ0v) is 15.5. The Bertz CT molecular complexity index is 1080. The largest absolute Gasteiger partial charge is 0.416 e. The maximum absolute atomic E-state index is 12.7. The SMILES string of the molecule is O=C(Cc1ccc(C(F)(F)F)cc1)C1CC(n2c(=O)[nH]c3ccccc32)CCN1. The number of Topliss-reactive ketones (excluding diaryl/α,β-unsaturated/α-hetero) is 1. The molecule has 0 saturated carbocycles. The second-order valence-electron chi connectivity index (χ2n) is 7.34. The highest BCUT2D eigenvalue weighted by Crippen LogP contribution is 2.29. The van der Waals surface area contributed by atoms with Crippen molar-refractivity contribution in [2.45, 2.75) is 37.5 Å². The molecule has 5 nitrogen and oxygen atoms in total. The third-order valence-corrected chi connectivity index (χ3v) is 5.41. The first-order valence-corrected chi connectivity index (χ1v) is 9.44. The van der Waals surface area contributed by atoms with Crippen molar-refractivity contribution in [1.29, 1.82) is 0 Å². The first kappa shape index (κ1) is 19.4. The van der Waals surface area contributed by atoms with Crippen molar-refractivity contribution in [3.05, 3.63) is 70.1 Å². The summed E-state index contributed by atoms with van der Waals surface area (Å²) in [6.45, 7) is 0.583. The number of halogens is 3. The molecule has 4 rings (SSSR count). The van der Waals surface area contributed by atoms with E-state index in [4.69, 9.17) is 0 Å². The first-order chi connectivity index (χ1) is 13.8. The van der Waals surface area contributed by atoms with Gasteiger partial charge >= 0.3 is 11.9 Å². The number of rotatable bonds is 4. The number of fused-ring (bicyclic) bond motifs is 1. The molecule has 29 heavy (non-hydrogen) atoms. The molecule has 0 radical (unpaired) electrons. The molecule has 1 aliphatic heterocycles. The zero-order valence-electron chi connectivity index (χ0n) is 15.5. The highest BCUT2D eigenvalue weighted by molar-refractivity contribution is 5.86. The number of hydrogen-bond donors (Lipinski definition) is 2. The Morgan fingerprint density at radius 2 is 1.83 bits per heavy atom. The molecule has 2 heterocycles. The number of para-hydroxylation sites is 2. The fourth-order valence-electron chi connectivity index (χ4n) is 3.95. The lowest BCUT2D eigenvalue weighted by Gasteiger charge is -2.30. The van der Waals surface area contributed by atoms with Crippen LogP contribution < -0.4 is 11.0 Å². The number of imidazole rings is 1. The number of aromatic nitrogens is 2. The van der Waals surface area contributed by atoms with Crippen LogP contribution in [0.4, 0.5) is 13.2 Å². The molecule has 2 unspecified atom stereocenters. The van der Waals surface area contributed by atoms with Crippen molar-refractivity contribution < 1.29 is 18.0 Å². The molecular formula is C21H20F3N3O2. The van der Waals surface area contributed by atoms with E-state index in [2.05, 4.69) is 10.3 Å². The molecule has 2 aromatic carbocycles. The average molecular weight is 403 g/mol. The molecule has 152 valence electrons. The van der Waals surface area contributed by atoms with E-state index in [1.807, 2.05) is 24.3 Å². The Morgan fingerprint density at radius 1 is 1.10 bits per heavy atom. The van der Waals surface area contributed by atoms with Crippen molar-refractivity contribution in [3.63, 3.8) is 0 Å². The van der Waals surface area contributed by atoms with E-state index in [1.54, 1.807) is 4.57 Å². The van der Waals surface area contributed by atoms with Gasteiger partial charge in [0.2, 0.25) is 0 Å². The summed E-state index contributed by atoms with van der Waals surface area (Å²) in [7, 11) is 0. The summed E-state index contributed by atoms with van der Waals surface area (Å²) in [4.78, 5) is 28.0. The van der Waals surface area contributed by atoms with Gasteiger partial charge in [-0.05, 0) is 49.2 Å². The smallest absolute Gasteiger partial charge is 0.307 e. The van der Waals surface area contributed by atoms with Gasteiger partial charge in [-0.1, -0.05) is 24.3 Å². The third kappa shape index (κ3) is 3.98. The number of carbonyl (C=O) groups excluding carboxylic acids is 1. The lowest BCUT2D eigenvalue weighted by atomic mass is 9.93. The predicted molar refractivity (Wildman–Crippen MR) is 103 cm³/mol. The van der Waals surface area contributed by atoms with Gasteiger partial charge in [-0.25, -0.2) is 4.79 Å². The maximum atomic E-state index is 12.7. The van der Waals surface area contributed by atoms with Crippen molar-refractivity contribution in [1.82, 2.24) is 14.9 Å². The summed E-state index contributed by atoms with van der Waals surface area (Å²) in [5, 5.41) is 3.18. The lowest BCUT2D eigenvalue weighted by molar-refractivity contribution is -0.137. The molecule has 1 aliphatic rings. The Balaban J connectivity index is 1.49. The highest BCUT2D eigenvalue weighted by atomic mass is 19.4. The van der Waals surface area contributed by atoms with E-state index in [9.17, 15) is 22.8 Å². The summed E-state index contributed by atoms with van der Waals surface area (Å²) in [5.74, 6) is -0.0950. The van der Waals surface area contributed by atoms with Crippen molar-refractivity contribution in [2.24, 2.45) is 0 Å². The number of nitrogens with one attached hydrogen (secondary N) is 2. The minimum absolute atomic E-state index is 0.0469. The number of hydrogen-bond acceptors (Lipinski definition) is 3. The van der Waals surface area contributed by atoms with E-state index in [-0.39, 0.29) is 23.9 Å². The van der Waals surface area contributed by atoms with E-state index in [0.29, 0.717) is 24.9 Å². The van der Waals surface area contributed by atoms with E-state index < -0.39 is 17.8 Å². The molecular weight excluding hydrogens is 383 g/mol. The zero-order chi connectivity index (χ0) is 20.6. The van der Waals surface area contributed by atoms with Crippen molar-refractivity contribution in [3.8, 4) is 0 Å². The number of ketones is 1. The van der Waals surface area contributed by atoms with E-state index in [0.717, 1.165) is 23.2 Å². The predicted octanol–water partition coefficient (Wildman–Crippen LogP) is 3.45. The number of benzene rings is 2. The maximum Gasteiger partial charge on any atom is 0.416 e. The Kier molecular flexibility index (Phi) is 5.04. The molecule has 0 amide bonds. The van der Waals surface area contributed by atoms with Crippen LogP contribution in [0.1, 0.15) is 30.0 Å². The standard InChI is InChI=1S/C21H20F3N3O2/c22-21(23,24)14-7-5-13(6-8-14)11-19(28)17-12-15(9-10-25-17)27-18-4-2-1-3-16(18)26-20(27)29/h1-8,15,17,25H,9-12H2,(H,26,29). The van der Waals surface area contributed by atoms with Gasteiger partial charge in [-0.3, -0.25) is 9.36 Å². The van der Waals surface area contributed by atoms with Gasteiger partial charge in [0, 0.05) is 12.5 Å². The van der Waals surface area contributed by atoms with Gasteiger partial charge in [0.15, 0.2) is 5.78 Å². The Morgan fingerprint density at radius 3 is 2.55 bits per heavy atom. The Hall–Kier alpha value is -2.87. The second kappa shape index (κ2) is 7.51. The van der Waals surface area contributed by atoms with Crippen LogP contribution in [0.15, 0.2) is 53.3 Å². The summed E-state index contributed by atoms with van der Waals surface area (Å²) in [5.41, 5.74) is 1.16. The van der Waals surface area contributed by atoms with Gasteiger partial charge in [0.1, 0.15) is 0 Å². The van der Waals surface area contributed by atoms with Crippen LogP contribution in [0.25, 0.3) is 11.0 Å². The number of aromatic amines is 1. The lowest BCUT2D eigenvalue weighted by Crippen LogP contribution is -2.45. The van der Waals surface area contributed by atoms with Gasteiger partial charge in [0.25, 0.3) is 0 Å². The number of carbonyl (C=O) groups is 1. The average Bonchev–Trinajstić information content (AvgIpc) is 3.03. The van der Waals surface area contributed by atoms with Crippen LogP contribution in [-0.2, 0) is 17.4 Å². The topological polar surface area (TPSA) is 66.9 Å². The van der Waals surface area contributed by atoms with Crippen molar-refractivity contribution >= 4 is 16.8 Å². The molecule has 1 aromatic heterocycles. The van der Waals surface area contributed by atoms with E-state index in [1.165, 1.54) is 12.1 Å². The fraction of sp³-hybridized carbons (Fsp3) is 0.333. The molecule has 0 aliphatic carbocycles. The van der Waals surface area contributed by atoms with Crippen LogP contribution in [0.5, 0.6) is 0 Å². The highest BCUT2D eigenvalue weighted by Gasteiger charge is 2.31. The number of nitrogens with zero attached hydrogens (tertiary/aromatic N) is 1. The molecule has 0 bridgehead atoms. The third-order valence-electron chi connectivity index (χ3n) is 5.41. The van der Waals surface area contributed by atoms with Crippen LogP contribution >= 0.6 is 0 Å². The molecule has 2 atom stereocenters. The number of H-pyrrole nitrogens is 1. The minimum atomic E-state index is -4.40. The Labute approximate surface area is 164 Å². The molecule has 0 spiro atoms. The van der Waals surface area contributed by atoms with Gasteiger partial charge in [-0.15, -0.1) is 0 Å². The van der Waals surface area contributed by atoms with Crippen LogP contribution in [0.3, 0.4) is 0 Å². The fourth-order valence-corrected chi connectivity index (χ4v) is 3.95. The number of piperidine rings is 1. The number of alkyl halides is 3. The summed E-state index contributed by atoms with van der Waals surface area (Å²) in [6.07, 6.45) is -3.17. The molecule has 1 saturated heterocycles. The molecule has 2 N–H and O–H groups in total. The van der Waals surface area contributed by atoms with Gasteiger partial charge in [-0.2, -0.15) is 13.2 Å². The summed E-state index contributed by atoms with van der Waals surface area (Å²) < 4.78 is 39.8. The van der Waals surface area contributed by atoms with Crippen LogP contribution in [-0.4, -0.2) is 27.9 Å². The first-order valence-electron chi connectivity index (χ1n) is 9.44. The van der Waals surface area contributed by atoms with Gasteiger partial charge < -0.3 is 10.3 Å². The van der Waals surface area contributed by atoms with E-state index >= 15 is 0 Å². The van der Waals surface area contributed by atoms with Crippen molar-refractivity contribution in [2.75, 3.05) is 6.54 Å². The second-order valence-corrected chi connectivity index (χ2v) is 7.34. The van der Waals surface area contributed by atoms with Crippen LogP contribution in [0, 0.1) is 0 Å². The quantitative estimate of drug-likeness (QED) is 0.701. The van der Waals surface area contributed by atoms with Gasteiger partial charge in [0.05, 0.1) is 22.6 Å². The molecule has 1 fully saturated rings. The molecule has 3 aromatic rings. The summed E-state index contributed by atoms with van der Waals surface area (Å²) in [6, 6.07) is 11.5. The monoisotopic (exact) mass is 403 g/mol. The minimum Gasteiger partial charge on any atom is -0.307 e. The molecule has 8 heteroatoms.